The van der Waals surface area contributed by atoms with E-state index in [0.717, 1.165) is 5.56 Å². The highest BCUT2D eigenvalue weighted by Gasteiger charge is 2.29. The van der Waals surface area contributed by atoms with Crippen molar-refractivity contribution < 1.29 is 33.3 Å². The van der Waals surface area contributed by atoms with Crippen molar-refractivity contribution in [1.82, 2.24) is 10.6 Å². The van der Waals surface area contributed by atoms with Gasteiger partial charge in [0.05, 0.1) is 25.2 Å². The molecule has 0 spiro atoms. The first kappa shape index (κ1) is 22.6. The molecule has 9 nitrogen and oxygen atoms in total. The Bertz CT molecular complexity index is 1030. The molecule has 0 bridgehead atoms. The summed E-state index contributed by atoms with van der Waals surface area (Å²) in [6.07, 6.45) is 2.15. The quantitative estimate of drug-likeness (QED) is 0.473. The number of anilines is 1. The van der Waals surface area contributed by atoms with Crippen LogP contribution in [0.2, 0.25) is 0 Å². The van der Waals surface area contributed by atoms with Gasteiger partial charge in [0.2, 0.25) is 12.7 Å². The molecule has 0 aliphatic carbocycles. The van der Waals surface area contributed by atoms with Gasteiger partial charge in [-0.05, 0) is 29.8 Å². The number of nitrogens with one attached hydrogen (secondary N) is 3. The Labute approximate surface area is 189 Å². The van der Waals surface area contributed by atoms with Gasteiger partial charge in [-0.15, -0.1) is 0 Å². The number of halogens is 1. The van der Waals surface area contributed by atoms with Gasteiger partial charge < -0.3 is 35.3 Å². The fraction of sp³-hybridized carbons (Fsp3) is 0.304. The number of hydrogen-bond acceptors (Lipinski definition) is 6. The third kappa shape index (κ3) is 5.99. The van der Waals surface area contributed by atoms with Crippen LogP contribution in [0.15, 0.2) is 54.6 Å². The fourth-order valence-electron chi connectivity index (χ4n) is 3.49. The zero-order valence-electron chi connectivity index (χ0n) is 17.6. The summed E-state index contributed by atoms with van der Waals surface area (Å²) in [4.78, 5) is 24.6. The predicted molar refractivity (Wildman–Crippen MR) is 116 cm³/mol. The van der Waals surface area contributed by atoms with Crippen LogP contribution in [0.4, 0.5) is 14.9 Å². The minimum atomic E-state index is -0.715. The highest BCUT2D eigenvalue weighted by Crippen LogP contribution is 2.34. The van der Waals surface area contributed by atoms with E-state index in [1.807, 2.05) is 0 Å². The Morgan fingerprint density at radius 1 is 1.06 bits per heavy atom. The second kappa shape index (κ2) is 10.3. The number of aliphatic hydroxyl groups is 1. The summed E-state index contributed by atoms with van der Waals surface area (Å²) in [7, 11) is 0. The number of ether oxygens (including phenoxy) is 3. The summed E-state index contributed by atoms with van der Waals surface area (Å²) in [5, 5.41) is 17.9. The molecule has 33 heavy (non-hydrogen) atoms. The van der Waals surface area contributed by atoms with Gasteiger partial charge in [-0.25, -0.2) is 9.18 Å². The van der Waals surface area contributed by atoms with Crippen molar-refractivity contribution in [1.29, 1.82) is 0 Å². The molecule has 2 heterocycles. The maximum atomic E-state index is 13.0. The molecule has 0 saturated heterocycles. The Balaban J connectivity index is 1.26. The summed E-state index contributed by atoms with van der Waals surface area (Å²) in [5.41, 5.74) is 1.30. The molecule has 4 rings (SSSR count). The van der Waals surface area contributed by atoms with Gasteiger partial charge >= 0.3 is 6.03 Å². The molecule has 0 aromatic heterocycles. The zero-order chi connectivity index (χ0) is 23.2. The molecule has 174 valence electrons. The van der Waals surface area contributed by atoms with E-state index < -0.39 is 24.3 Å². The number of carbonyl (C=O) groups excluding carboxylic acids is 2. The molecule has 3 amide bonds. The van der Waals surface area contributed by atoms with Crippen molar-refractivity contribution in [3.05, 3.63) is 66.0 Å². The van der Waals surface area contributed by atoms with Crippen molar-refractivity contribution in [3.8, 4) is 11.5 Å². The van der Waals surface area contributed by atoms with Crippen LogP contribution in [0.5, 0.6) is 11.5 Å². The largest absolute Gasteiger partial charge is 0.454 e. The third-order valence-corrected chi connectivity index (χ3v) is 5.18. The van der Waals surface area contributed by atoms with Gasteiger partial charge in [-0.1, -0.05) is 24.3 Å². The van der Waals surface area contributed by atoms with Crippen LogP contribution < -0.4 is 25.4 Å². The van der Waals surface area contributed by atoms with E-state index in [9.17, 15) is 19.1 Å². The molecule has 0 saturated carbocycles. The van der Waals surface area contributed by atoms with Gasteiger partial charge in [0.15, 0.2) is 11.5 Å². The number of urea groups is 1. The number of hydrogen-bond donors (Lipinski definition) is 4. The smallest absolute Gasteiger partial charge is 0.319 e. The first-order valence-electron chi connectivity index (χ1n) is 10.4. The molecule has 2 aromatic rings. The summed E-state index contributed by atoms with van der Waals surface area (Å²) in [5.74, 6) is 0.561. The lowest BCUT2D eigenvalue weighted by molar-refractivity contribution is -0.125. The zero-order valence-corrected chi connectivity index (χ0v) is 17.6. The summed E-state index contributed by atoms with van der Waals surface area (Å²) < 4.78 is 29.3. The van der Waals surface area contributed by atoms with Crippen molar-refractivity contribution in [2.24, 2.45) is 0 Å². The van der Waals surface area contributed by atoms with Gasteiger partial charge in [0.1, 0.15) is 11.9 Å². The maximum Gasteiger partial charge on any atom is 0.319 e. The monoisotopic (exact) mass is 457 g/mol. The van der Waals surface area contributed by atoms with E-state index >= 15 is 0 Å². The topological polar surface area (TPSA) is 118 Å². The summed E-state index contributed by atoms with van der Waals surface area (Å²) >= 11 is 0. The summed E-state index contributed by atoms with van der Waals surface area (Å²) in [6.45, 7) is 0.0645. The van der Waals surface area contributed by atoms with Crippen LogP contribution >= 0.6 is 0 Å². The lowest BCUT2D eigenvalue weighted by Crippen LogP contribution is -2.50. The van der Waals surface area contributed by atoms with Crippen molar-refractivity contribution in [3.63, 3.8) is 0 Å². The van der Waals surface area contributed by atoms with Crippen LogP contribution in [0, 0.1) is 5.82 Å². The lowest BCUT2D eigenvalue weighted by atomic mass is 10.0. The minimum Gasteiger partial charge on any atom is -0.454 e. The van der Waals surface area contributed by atoms with Crippen molar-refractivity contribution >= 4 is 17.6 Å². The Morgan fingerprint density at radius 3 is 2.64 bits per heavy atom. The van der Waals surface area contributed by atoms with E-state index in [1.165, 1.54) is 12.1 Å². The Hall–Kier alpha value is -3.63. The second-order valence-electron chi connectivity index (χ2n) is 7.58. The van der Waals surface area contributed by atoms with E-state index in [0.29, 0.717) is 17.2 Å². The van der Waals surface area contributed by atoms with Gasteiger partial charge in [-0.3, -0.25) is 4.79 Å². The number of carbonyl (C=O) groups is 2. The number of benzene rings is 2. The number of fused-ring (bicyclic) bond motifs is 1. The lowest BCUT2D eigenvalue weighted by Gasteiger charge is -2.31. The van der Waals surface area contributed by atoms with E-state index in [1.54, 1.807) is 42.5 Å². The molecular formula is C23H24FN3O6. The van der Waals surface area contributed by atoms with Crippen molar-refractivity contribution in [2.75, 3.05) is 18.7 Å². The number of amides is 3. The molecule has 2 aliphatic rings. The SMILES string of the molecule is O=C(C[C@@H]1C=C[C@@H](NC(=O)Nc2ccc3c(c2)OCO3)[C@H](CO)O1)NCc1ccc(F)cc1. The summed E-state index contributed by atoms with van der Waals surface area (Å²) in [6, 6.07) is 9.82. The third-order valence-electron chi connectivity index (χ3n) is 5.18. The molecule has 2 aliphatic heterocycles. The average Bonchev–Trinajstić information content (AvgIpc) is 3.27. The van der Waals surface area contributed by atoms with Crippen LogP contribution in [0.3, 0.4) is 0 Å². The highest BCUT2D eigenvalue weighted by molar-refractivity contribution is 5.90. The fourth-order valence-corrected chi connectivity index (χ4v) is 3.49. The van der Waals surface area contributed by atoms with Gasteiger partial charge in [0.25, 0.3) is 0 Å². The molecule has 4 N–H and O–H groups in total. The van der Waals surface area contributed by atoms with E-state index in [2.05, 4.69) is 16.0 Å². The standard InChI is InChI=1S/C23H24FN3O6/c24-15-3-1-14(2-4-15)11-25-22(29)10-17-6-7-18(21(12-28)33-17)27-23(30)26-16-5-8-19-20(9-16)32-13-31-19/h1-9,17-18,21,28H,10-13H2,(H,25,29)(H2,26,27,30)/t17-,18+,21-/m0/s1. The van der Waals surface area contributed by atoms with Crippen molar-refractivity contribution in [2.45, 2.75) is 31.2 Å². The van der Waals surface area contributed by atoms with E-state index in [4.69, 9.17) is 14.2 Å². The minimum absolute atomic E-state index is 0.0459. The first-order valence-corrected chi connectivity index (χ1v) is 10.4. The molecule has 10 heteroatoms. The first-order chi connectivity index (χ1) is 16.0. The van der Waals surface area contributed by atoms with Crippen LogP contribution in [0.1, 0.15) is 12.0 Å². The number of rotatable bonds is 7. The van der Waals surface area contributed by atoms with Crippen LogP contribution in [-0.2, 0) is 16.1 Å². The molecule has 0 fully saturated rings. The maximum absolute atomic E-state index is 13.0. The molecule has 2 aromatic carbocycles. The average molecular weight is 457 g/mol. The Kier molecular flexibility index (Phi) is 7.06. The van der Waals surface area contributed by atoms with E-state index in [-0.39, 0.29) is 38.1 Å². The molecule has 0 radical (unpaired) electrons. The van der Waals surface area contributed by atoms with Crippen LogP contribution in [0.25, 0.3) is 0 Å². The molecule has 0 unspecified atom stereocenters. The van der Waals surface area contributed by atoms with Gasteiger partial charge in [0, 0.05) is 18.3 Å². The number of aliphatic hydroxyl groups excluding tert-OH is 1. The molecule has 3 atom stereocenters. The highest BCUT2D eigenvalue weighted by atomic mass is 19.1. The predicted octanol–water partition coefficient (Wildman–Crippen LogP) is 2.07. The van der Waals surface area contributed by atoms with Crippen LogP contribution in [-0.4, -0.2) is 48.7 Å². The normalized spacial score (nSPS) is 20.8. The Morgan fingerprint density at radius 2 is 1.85 bits per heavy atom. The second-order valence-corrected chi connectivity index (χ2v) is 7.58. The molecular weight excluding hydrogens is 433 g/mol. The van der Waals surface area contributed by atoms with Gasteiger partial charge in [-0.2, -0.15) is 0 Å².